The zero-order chi connectivity index (χ0) is 13.6. The molecule has 1 saturated heterocycles. The van der Waals surface area contributed by atoms with Crippen LogP contribution in [0.4, 0.5) is 14.5 Å². The average molecular weight is 266 g/mol. The molecule has 2 aliphatic heterocycles. The molecule has 1 unspecified atom stereocenters. The van der Waals surface area contributed by atoms with Gasteiger partial charge in [-0.1, -0.05) is 0 Å². The highest BCUT2D eigenvalue weighted by Gasteiger charge is 2.36. The van der Waals surface area contributed by atoms with Gasteiger partial charge in [-0.15, -0.1) is 0 Å². The maximum Gasteiger partial charge on any atom is 0.249 e. The second-order valence-corrected chi connectivity index (χ2v) is 4.80. The molecule has 19 heavy (non-hydrogen) atoms. The van der Waals surface area contributed by atoms with Crippen LogP contribution in [0.3, 0.4) is 0 Å². The second kappa shape index (κ2) is 4.29. The quantitative estimate of drug-likeness (QED) is 0.775. The van der Waals surface area contributed by atoms with E-state index in [1.165, 1.54) is 6.07 Å². The van der Waals surface area contributed by atoms with Crippen molar-refractivity contribution >= 4 is 17.5 Å². The number of hydrogen-bond acceptors (Lipinski definition) is 3. The molecule has 0 aromatic heterocycles. The van der Waals surface area contributed by atoms with Crippen molar-refractivity contribution in [3.05, 3.63) is 29.3 Å². The number of carbonyl (C=O) groups excluding carboxylic acids is 2. The number of benzene rings is 1. The number of piperidine rings is 1. The minimum Gasteiger partial charge on any atom is -0.359 e. The predicted octanol–water partition coefficient (Wildman–Crippen LogP) is 1.13. The largest absolute Gasteiger partial charge is 0.359 e. The van der Waals surface area contributed by atoms with Crippen LogP contribution in [0, 0.1) is 11.6 Å². The van der Waals surface area contributed by atoms with Crippen LogP contribution in [0.2, 0.25) is 0 Å². The van der Waals surface area contributed by atoms with Crippen molar-refractivity contribution in [1.82, 2.24) is 5.32 Å². The van der Waals surface area contributed by atoms with Crippen LogP contribution in [-0.4, -0.2) is 24.4 Å². The van der Waals surface area contributed by atoms with E-state index in [0.29, 0.717) is 30.6 Å². The van der Waals surface area contributed by atoms with Crippen molar-refractivity contribution in [2.45, 2.75) is 25.3 Å². The normalized spacial score (nSPS) is 22.4. The van der Waals surface area contributed by atoms with E-state index in [1.807, 2.05) is 0 Å². The number of hydrogen-bond donors (Lipinski definition) is 1. The smallest absolute Gasteiger partial charge is 0.249 e. The summed E-state index contributed by atoms with van der Waals surface area (Å²) < 4.78 is 26.9. The Morgan fingerprint density at radius 1 is 1.21 bits per heavy atom. The average Bonchev–Trinajstić information content (AvgIpc) is 2.73. The van der Waals surface area contributed by atoms with Gasteiger partial charge in [-0.2, -0.15) is 0 Å². The van der Waals surface area contributed by atoms with Crippen LogP contribution in [0.5, 0.6) is 0 Å². The van der Waals surface area contributed by atoms with E-state index in [1.54, 1.807) is 4.90 Å². The second-order valence-electron chi connectivity index (χ2n) is 4.80. The van der Waals surface area contributed by atoms with Crippen molar-refractivity contribution in [1.29, 1.82) is 0 Å². The van der Waals surface area contributed by atoms with Gasteiger partial charge >= 0.3 is 0 Å². The molecule has 0 radical (unpaired) electrons. The number of nitrogens with zero attached hydrogens (tertiary/aromatic N) is 1. The maximum absolute atomic E-state index is 13.6. The van der Waals surface area contributed by atoms with Gasteiger partial charge in [0.15, 0.2) is 0 Å². The molecule has 1 fully saturated rings. The number of rotatable bonds is 1. The van der Waals surface area contributed by atoms with E-state index < -0.39 is 23.6 Å². The summed E-state index contributed by atoms with van der Waals surface area (Å²) in [6.07, 6.45) is 1.07. The Balaban J connectivity index is 1.94. The number of carbonyl (C=O) groups is 2. The molecule has 3 rings (SSSR count). The molecule has 1 aromatic carbocycles. The van der Waals surface area contributed by atoms with Gasteiger partial charge in [0.2, 0.25) is 11.8 Å². The van der Waals surface area contributed by atoms with E-state index in [-0.39, 0.29) is 12.3 Å². The Hall–Kier alpha value is -1.98. The van der Waals surface area contributed by atoms with Gasteiger partial charge in [0, 0.05) is 30.3 Å². The Kier molecular flexibility index (Phi) is 2.73. The summed E-state index contributed by atoms with van der Waals surface area (Å²) in [6, 6.07) is 1.57. The van der Waals surface area contributed by atoms with Crippen LogP contribution >= 0.6 is 0 Å². The molecule has 1 aromatic rings. The first kappa shape index (κ1) is 12.1. The monoisotopic (exact) mass is 266 g/mol. The van der Waals surface area contributed by atoms with E-state index in [0.717, 1.165) is 6.07 Å². The van der Waals surface area contributed by atoms with Crippen LogP contribution in [-0.2, 0) is 16.0 Å². The zero-order valence-electron chi connectivity index (χ0n) is 10.1. The Labute approximate surface area is 108 Å². The van der Waals surface area contributed by atoms with E-state index >= 15 is 0 Å². The number of imide groups is 1. The van der Waals surface area contributed by atoms with Gasteiger partial charge in [0.05, 0.1) is 0 Å². The summed E-state index contributed by atoms with van der Waals surface area (Å²) in [5.74, 6) is -1.93. The molecule has 2 amide bonds. The number of amides is 2. The molecular formula is C13H12F2N2O2. The highest BCUT2D eigenvalue weighted by molar-refractivity contribution is 6.01. The third-order valence-electron chi connectivity index (χ3n) is 3.64. The molecular weight excluding hydrogens is 254 g/mol. The van der Waals surface area contributed by atoms with Crippen LogP contribution < -0.4 is 10.2 Å². The van der Waals surface area contributed by atoms with Crippen molar-refractivity contribution < 1.29 is 18.4 Å². The van der Waals surface area contributed by atoms with Crippen LogP contribution in [0.25, 0.3) is 0 Å². The van der Waals surface area contributed by atoms with Crippen molar-refractivity contribution in [3.63, 3.8) is 0 Å². The first-order chi connectivity index (χ1) is 9.06. The molecule has 0 spiro atoms. The van der Waals surface area contributed by atoms with Gasteiger partial charge < -0.3 is 4.90 Å². The third kappa shape index (κ3) is 1.97. The Morgan fingerprint density at radius 2 is 2.00 bits per heavy atom. The standard InChI is InChI=1S/C13H12F2N2O2/c14-7-5-9(15)8-3-4-17(11(8)6-7)10-1-2-12(18)16-13(10)19/h5-6,10H,1-4H2,(H,16,18,19). The first-order valence-corrected chi connectivity index (χ1v) is 6.14. The van der Waals surface area contributed by atoms with Crippen molar-refractivity contribution in [2.75, 3.05) is 11.4 Å². The van der Waals surface area contributed by atoms with E-state index in [4.69, 9.17) is 0 Å². The van der Waals surface area contributed by atoms with E-state index in [9.17, 15) is 18.4 Å². The van der Waals surface area contributed by atoms with Gasteiger partial charge in [-0.3, -0.25) is 14.9 Å². The van der Waals surface area contributed by atoms with Gasteiger partial charge in [-0.25, -0.2) is 8.78 Å². The Bertz CT molecular complexity index is 574. The fourth-order valence-electron chi connectivity index (χ4n) is 2.75. The topological polar surface area (TPSA) is 49.4 Å². The lowest BCUT2D eigenvalue weighted by atomic mass is 10.0. The summed E-state index contributed by atoms with van der Waals surface area (Å²) in [7, 11) is 0. The SMILES string of the molecule is O=C1CCC(N2CCc3c(F)cc(F)cc32)C(=O)N1. The molecule has 2 aliphatic rings. The minimum absolute atomic E-state index is 0.250. The maximum atomic E-state index is 13.6. The molecule has 100 valence electrons. The lowest BCUT2D eigenvalue weighted by molar-refractivity contribution is -0.134. The van der Waals surface area contributed by atoms with Crippen LogP contribution in [0.1, 0.15) is 18.4 Å². The first-order valence-electron chi connectivity index (χ1n) is 6.14. The predicted molar refractivity (Wildman–Crippen MR) is 63.6 cm³/mol. The van der Waals surface area contributed by atoms with E-state index in [2.05, 4.69) is 5.32 Å². The molecule has 0 saturated carbocycles. The highest BCUT2D eigenvalue weighted by atomic mass is 19.1. The molecule has 0 bridgehead atoms. The number of halogens is 2. The summed E-state index contributed by atoms with van der Waals surface area (Å²) >= 11 is 0. The van der Waals surface area contributed by atoms with Crippen LogP contribution in [0.15, 0.2) is 12.1 Å². The number of fused-ring (bicyclic) bond motifs is 1. The number of anilines is 1. The van der Waals surface area contributed by atoms with Gasteiger partial charge in [0.1, 0.15) is 17.7 Å². The highest BCUT2D eigenvalue weighted by Crippen LogP contribution is 2.34. The van der Waals surface area contributed by atoms with Gasteiger partial charge in [0.25, 0.3) is 0 Å². The Morgan fingerprint density at radius 3 is 2.74 bits per heavy atom. The molecule has 4 nitrogen and oxygen atoms in total. The lowest BCUT2D eigenvalue weighted by Crippen LogP contribution is -2.52. The zero-order valence-corrected chi connectivity index (χ0v) is 10.1. The van der Waals surface area contributed by atoms with Gasteiger partial charge in [-0.05, 0) is 18.9 Å². The molecule has 2 heterocycles. The molecule has 6 heteroatoms. The number of nitrogens with one attached hydrogen (secondary N) is 1. The van der Waals surface area contributed by atoms with Crippen molar-refractivity contribution in [2.24, 2.45) is 0 Å². The fraction of sp³-hybridized carbons (Fsp3) is 0.385. The third-order valence-corrected chi connectivity index (χ3v) is 3.64. The fourth-order valence-corrected chi connectivity index (χ4v) is 2.75. The minimum atomic E-state index is -0.657. The molecule has 1 N–H and O–H groups in total. The van der Waals surface area contributed by atoms with Crippen molar-refractivity contribution in [3.8, 4) is 0 Å². The summed E-state index contributed by atoms with van der Waals surface area (Å²) in [5.41, 5.74) is 0.859. The lowest BCUT2D eigenvalue weighted by Gasteiger charge is -2.31. The molecule has 1 atom stereocenters. The molecule has 0 aliphatic carbocycles. The summed E-state index contributed by atoms with van der Waals surface area (Å²) in [4.78, 5) is 24.6. The summed E-state index contributed by atoms with van der Waals surface area (Å²) in [5, 5.41) is 2.26. The summed E-state index contributed by atoms with van der Waals surface area (Å²) in [6.45, 7) is 0.460.